The average Bonchev–Trinajstić information content (AvgIpc) is 3.10. The van der Waals surface area contributed by atoms with Crippen molar-refractivity contribution in [3.8, 4) is 16.9 Å². The molecule has 1 saturated heterocycles. The van der Waals surface area contributed by atoms with Crippen LogP contribution in [0.15, 0.2) is 89.8 Å². The highest BCUT2D eigenvalue weighted by Gasteiger charge is 2.26. The number of nitrogens with zero attached hydrogens (tertiary/aromatic N) is 1. The predicted octanol–water partition coefficient (Wildman–Crippen LogP) is 6.00. The van der Waals surface area contributed by atoms with E-state index < -0.39 is 20.7 Å². The minimum absolute atomic E-state index is 0.000121. The van der Waals surface area contributed by atoms with Crippen molar-refractivity contribution in [3.05, 3.63) is 106 Å². The first-order chi connectivity index (χ1) is 23.9. The highest BCUT2D eigenvalue weighted by atomic mass is 35.5. The number of quaternary nitrogens is 1. The Balaban J connectivity index is 1.18. The second-order valence-corrected chi connectivity index (χ2v) is 14.2. The van der Waals surface area contributed by atoms with E-state index in [9.17, 15) is 23.6 Å². The predicted molar refractivity (Wildman–Crippen MR) is 196 cm³/mol. The molecule has 0 aromatic heterocycles. The lowest BCUT2D eigenvalue weighted by Crippen LogP contribution is -2.35. The van der Waals surface area contributed by atoms with Crippen molar-refractivity contribution in [1.29, 1.82) is 0 Å². The van der Waals surface area contributed by atoms with Crippen molar-refractivity contribution in [1.82, 2.24) is 14.8 Å². The van der Waals surface area contributed by atoms with E-state index in [-0.39, 0.29) is 21.9 Å². The van der Waals surface area contributed by atoms with Gasteiger partial charge in [0.2, 0.25) is 0 Å². The second kappa shape index (κ2) is 16.7. The maximum absolute atomic E-state index is 13.3. The zero-order valence-corrected chi connectivity index (χ0v) is 29.5. The van der Waals surface area contributed by atoms with Crippen LogP contribution < -0.4 is 30.2 Å². The summed E-state index contributed by atoms with van der Waals surface area (Å²) in [5, 5.41) is 33.4. The number of hydrogen-bond acceptors (Lipinski definition) is 10. The van der Waals surface area contributed by atoms with Crippen molar-refractivity contribution < 1.29 is 27.9 Å². The van der Waals surface area contributed by atoms with Gasteiger partial charge in [-0.3, -0.25) is 4.79 Å². The quantitative estimate of drug-likeness (QED) is 0.0559. The summed E-state index contributed by atoms with van der Waals surface area (Å²) < 4.78 is 39.4. The molecule has 4 aromatic rings. The van der Waals surface area contributed by atoms with Gasteiger partial charge in [-0.05, 0) is 71.8 Å². The number of amides is 1. The number of nitrogens with one attached hydrogen (secondary N) is 4. The van der Waals surface area contributed by atoms with Gasteiger partial charge in [-0.1, -0.05) is 48.0 Å². The fraction of sp³-hybridized carbons (Fsp3) is 0.306. The number of sulfonamides is 1. The molecule has 1 heterocycles. The van der Waals surface area contributed by atoms with E-state index in [0.717, 1.165) is 42.6 Å². The lowest BCUT2D eigenvalue weighted by atomic mass is 10.00. The smallest absolute Gasteiger partial charge is 0.268 e. The van der Waals surface area contributed by atoms with Gasteiger partial charge in [0.05, 0.1) is 23.3 Å². The maximum Gasteiger partial charge on any atom is 0.268 e. The Morgan fingerprint density at radius 2 is 1.74 bits per heavy atom. The van der Waals surface area contributed by atoms with E-state index in [4.69, 9.17) is 21.1 Å². The van der Waals surface area contributed by atoms with Crippen LogP contribution >= 0.6 is 11.6 Å². The molecule has 0 radical (unpaired) electrons. The summed E-state index contributed by atoms with van der Waals surface area (Å²) in [6.45, 7) is 3.68. The number of carbonyl (C=O) groups is 1. The fourth-order valence-electron chi connectivity index (χ4n) is 5.70. The summed E-state index contributed by atoms with van der Waals surface area (Å²) in [6, 6.07) is 24.4. The number of methoxy groups -OCH3 is 1. The summed E-state index contributed by atoms with van der Waals surface area (Å²) in [5.41, 5.74) is 4.12. The number of anilines is 2. The van der Waals surface area contributed by atoms with E-state index >= 15 is 0 Å². The highest BCUT2D eigenvalue weighted by Crippen LogP contribution is 2.32. The van der Waals surface area contributed by atoms with E-state index in [1.54, 1.807) is 12.1 Å². The second-order valence-electron chi connectivity index (χ2n) is 12.1. The maximum atomic E-state index is 13.3. The Morgan fingerprint density at radius 1 is 1.00 bits per heavy atom. The third-order valence-electron chi connectivity index (χ3n) is 8.44. The molecule has 1 fully saturated rings. The molecule has 50 heavy (non-hydrogen) atoms. The minimum Gasteiger partial charge on any atom is -0.593 e. The summed E-state index contributed by atoms with van der Waals surface area (Å²) in [6.07, 6.45) is 1.70. The average molecular weight is 724 g/mol. The van der Waals surface area contributed by atoms with Crippen LogP contribution in [-0.2, 0) is 21.3 Å². The minimum atomic E-state index is -4.43. The molecule has 1 atom stereocenters. The van der Waals surface area contributed by atoms with Gasteiger partial charge in [0.25, 0.3) is 15.9 Å². The summed E-state index contributed by atoms with van der Waals surface area (Å²) in [5.74, 6) is -0.438. The Morgan fingerprint density at radius 3 is 2.46 bits per heavy atom. The van der Waals surface area contributed by atoms with Gasteiger partial charge < -0.3 is 30.6 Å². The molecule has 12 nitrogen and oxygen atoms in total. The Hall–Kier alpha value is -4.21. The van der Waals surface area contributed by atoms with Crippen LogP contribution in [0.4, 0.5) is 17.1 Å². The van der Waals surface area contributed by atoms with Crippen LogP contribution in [0.3, 0.4) is 0 Å². The van der Waals surface area contributed by atoms with Crippen molar-refractivity contribution in [2.24, 2.45) is 5.92 Å². The van der Waals surface area contributed by atoms with Crippen LogP contribution in [0.2, 0.25) is 5.02 Å². The Labute approximate surface area is 297 Å². The van der Waals surface area contributed by atoms with Gasteiger partial charge in [-0.2, -0.15) is 4.81 Å². The van der Waals surface area contributed by atoms with Gasteiger partial charge >= 0.3 is 0 Å². The topological polar surface area (TPSA) is 161 Å². The molecule has 5 rings (SSSR count). The fourth-order valence-corrected chi connectivity index (χ4v) is 6.82. The van der Waals surface area contributed by atoms with E-state index in [2.05, 4.69) is 32.8 Å². The van der Waals surface area contributed by atoms with Crippen molar-refractivity contribution in [2.45, 2.75) is 24.3 Å². The monoisotopic (exact) mass is 723 g/mol. The normalized spacial score (nSPS) is 14.8. The first kappa shape index (κ1) is 37.1. The Bertz CT molecular complexity index is 1880. The van der Waals surface area contributed by atoms with Crippen molar-refractivity contribution in [2.75, 3.05) is 57.6 Å². The first-order valence-electron chi connectivity index (χ1n) is 16.2. The van der Waals surface area contributed by atoms with E-state index in [1.165, 1.54) is 25.3 Å². The molecule has 266 valence electrons. The lowest BCUT2D eigenvalue weighted by molar-refractivity contribution is -0.00403. The molecule has 1 unspecified atom stereocenters. The number of rotatable bonds is 15. The summed E-state index contributed by atoms with van der Waals surface area (Å²) in [4.78, 5) is 11.0. The molecular formula is C36H42ClN5O7S. The molecule has 0 aliphatic carbocycles. The van der Waals surface area contributed by atoms with Crippen LogP contribution in [0.5, 0.6) is 5.75 Å². The molecule has 0 saturated carbocycles. The molecule has 5 N–H and O–H groups in total. The van der Waals surface area contributed by atoms with Gasteiger partial charge in [0.1, 0.15) is 12.8 Å². The number of hydroxylamine groups is 2. The molecule has 0 spiro atoms. The lowest BCUT2D eigenvalue weighted by Gasteiger charge is -2.31. The third-order valence-corrected chi connectivity index (χ3v) is 10.0. The Kier molecular flexibility index (Phi) is 12.4. The zero-order chi connectivity index (χ0) is 35.7. The van der Waals surface area contributed by atoms with Crippen LogP contribution in [0.25, 0.3) is 11.1 Å². The summed E-state index contributed by atoms with van der Waals surface area (Å²) in [7, 11) is -2.07. The zero-order valence-electron chi connectivity index (χ0n) is 27.9. The molecule has 14 heteroatoms. The molecule has 1 aliphatic rings. The number of hydrogen-bond donors (Lipinski definition) is 5. The van der Waals surface area contributed by atoms with Crippen molar-refractivity contribution >= 4 is 44.6 Å². The standard InChI is InChI=1S/C36H42ClN5O7S/c1-42(44,45)34-22-30(12-14-33(34)40-23-25-15-19-49-20-16-25)50(46,47)41-36(43)32-13-11-29(21-35(32)48-2)39-18-17-38-24-27-5-3-4-6-31(27)26-7-9-28(37)10-8-26/h3-14,21-22,25,38-40,44H,15-20,23-24H2,1-2H3,(H,41,43). The first-order valence-corrected chi connectivity index (χ1v) is 18.1. The van der Waals surface area contributed by atoms with E-state index in [1.807, 2.05) is 36.4 Å². The third kappa shape index (κ3) is 9.73. The SMILES string of the molecule is COc1cc(NCCNCc2ccccc2-c2ccc(Cl)cc2)ccc1C(=O)NS(=O)(=O)c1ccc(NCC2CCOCC2)c([N+](C)([O-])O)c1. The van der Waals surface area contributed by atoms with Crippen LogP contribution in [0.1, 0.15) is 28.8 Å². The highest BCUT2D eigenvalue weighted by molar-refractivity contribution is 7.90. The van der Waals surface area contributed by atoms with Gasteiger partial charge in [-0.25, -0.2) is 18.3 Å². The van der Waals surface area contributed by atoms with E-state index in [0.29, 0.717) is 61.7 Å². The van der Waals surface area contributed by atoms with Gasteiger partial charge in [0, 0.05) is 62.2 Å². The van der Waals surface area contributed by atoms with Crippen molar-refractivity contribution in [3.63, 3.8) is 0 Å². The van der Waals surface area contributed by atoms with Gasteiger partial charge in [-0.15, -0.1) is 0 Å². The largest absolute Gasteiger partial charge is 0.593 e. The summed E-state index contributed by atoms with van der Waals surface area (Å²) >= 11 is 6.06. The van der Waals surface area contributed by atoms with Crippen LogP contribution in [-0.4, -0.2) is 66.5 Å². The number of carbonyl (C=O) groups excluding carboxylic acids is 1. The number of benzene rings is 4. The molecule has 4 aromatic carbocycles. The number of ether oxygens (including phenoxy) is 2. The number of halogens is 1. The molecule has 0 bridgehead atoms. The van der Waals surface area contributed by atoms with Crippen LogP contribution in [0, 0.1) is 11.1 Å². The molecule has 1 amide bonds. The van der Waals surface area contributed by atoms with Gasteiger partial charge in [0.15, 0.2) is 5.69 Å². The molecular weight excluding hydrogens is 682 g/mol. The molecule has 1 aliphatic heterocycles.